The Hall–Kier alpha value is -4.32. The SMILES string of the molecule is COc1ccc(Nc2nc(N/N=C(/C)c3ccc([N+](=O)[O-])cc3)nc(N3CCOCC3)n2)cc1. The van der Waals surface area contributed by atoms with E-state index in [1.807, 2.05) is 29.2 Å². The van der Waals surface area contributed by atoms with Gasteiger partial charge in [0.05, 0.1) is 31.0 Å². The standard InChI is InChI=1S/C22H24N8O4/c1-15(16-3-7-18(8-4-16)30(31)32)27-28-21-24-20(23-17-5-9-19(33-2)10-6-17)25-22(26-21)29-11-13-34-14-12-29/h3-10H,11-14H2,1-2H3,(H2,23,24,25,26,28)/b27-15-. The Morgan fingerprint density at radius 1 is 1.06 bits per heavy atom. The van der Waals surface area contributed by atoms with E-state index >= 15 is 0 Å². The molecule has 34 heavy (non-hydrogen) atoms. The number of hydrogen-bond acceptors (Lipinski definition) is 11. The highest BCUT2D eigenvalue weighted by atomic mass is 16.6. The van der Waals surface area contributed by atoms with Gasteiger partial charge in [-0.1, -0.05) is 0 Å². The fourth-order valence-electron chi connectivity index (χ4n) is 3.20. The van der Waals surface area contributed by atoms with E-state index in [-0.39, 0.29) is 11.6 Å². The van der Waals surface area contributed by atoms with Crippen molar-refractivity contribution in [3.63, 3.8) is 0 Å². The van der Waals surface area contributed by atoms with Crippen LogP contribution in [-0.2, 0) is 4.74 Å². The number of hydrazone groups is 1. The van der Waals surface area contributed by atoms with E-state index in [0.717, 1.165) is 17.0 Å². The molecule has 1 aliphatic rings. The maximum atomic E-state index is 10.9. The lowest BCUT2D eigenvalue weighted by molar-refractivity contribution is -0.384. The van der Waals surface area contributed by atoms with E-state index in [0.29, 0.717) is 43.9 Å². The van der Waals surface area contributed by atoms with Gasteiger partial charge in [0.15, 0.2) is 0 Å². The number of nitrogens with one attached hydrogen (secondary N) is 2. The molecule has 0 aliphatic carbocycles. The Balaban J connectivity index is 1.57. The molecule has 2 N–H and O–H groups in total. The van der Waals surface area contributed by atoms with Crippen molar-refractivity contribution >= 4 is 34.9 Å². The van der Waals surface area contributed by atoms with Crippen molar-refractivity contribution in [2.75, 3.05) is 49.1 Å². The number of nitrogens with zero attached hydrogens (tertiary/aromatic N) is 6. The molecule has 3 aromatic rings. The van der Waals surface area contributed by atoms with Gasteiger partial charge in [0, 0.05) is 30.9 Å². The Labute approximate surface area is 195 Å². The molecule has 2 aromatic carbocycles. The van der Waals surface area contributed by atoms with Gasteiger partial charge in [-0.2, -0.15) is 20.1 Å². The average Bonchev–Trinajstić information content (AvgIpc) is 2.88. The van der Waals surface area contributed by atoms with Crippen LogP contribution in [0.15, 0.2) is 53.6 Å². The number of morpholine rings is 1. The number of rotatable bonds is 8. The quantitative estimate of drug-likeness (QED) is 0.290. The van der Waals surface area contributed by atoms with Gasteiger partial charge in [0.1, 0.15) is 5.75 Å². The summed E-state index contributed by atoms with van der Waals surface area (Å²) in [5.74, 6) is 1.86. The summed E-state index contributed by atoms with van der Waals surface area (Å²) in [6, 6.07) is 13.5. The Morgan fingerprint density at radius 2 is 1.74 bits per heavy atom. The molecule has 0 bridgehead atoms. The Bertz CT molecular complexity index is 1160. The number of benzene rings is 2. The molecule has 1 aliphatic heterocycles. The van der Waals surface area contributed by atoms with Crippen molar-refractivity contribution in [2.24, 2.45) is 5.10 Å². The van der Waals surface area contributed by atoms with Gasteiger partial charge in [0.2, 0.25) is 17.8 Å². The first-order valence-electron chi connectivity index (χ1n) is 10.6. The van der Waals surface area contributed by atoms with E-state index in [2.05, 4.69) is 30.8 Å². The minimum absolute atomic E-state index is 0.0198. The lowest BCUT2D eigenvalue weighted by Gasteiger charge is -2.27. The fraction of sp³-hybridized carbons (Fsp3) is 0.273. The zero-order chi connectivity index (χ0) is 23.9. The average molecular weight is 464 g/mol. The largest absolute Gasteiger partial charge is 0.497 e. The van der Waals surface area contributed by atoms with Crippen LogP contribution in [0.2, 0.25) is 0 Å². The highest BCUT2D eigenvalue weighted by Gasteiger charge is 2.17. The predicted molar refractivity (Wildman–Crippen MR) is 128 cm³/mol. The molecule has 12 nitrogen and oxygen atoms in total. The molecule has 0 saturated carbocycles. The summed E-state index contributed by atoms with van der Waals surface area (Å²) in [5.41, 5.74) is 5.04. The molecule has 1 saturated heterocycles. The number of non-ortho nitro benzene ring substituents is 1. The van der Waals surface area contributed by atoms with Gasteiger partial charge < -0.3 is 19.7 Å². The number of nitro groups is 1. The van der Waals surface area contributed by atoms with Crippen molar-refractivity contribution in [3.05, 3.63) is 64.2 Å². The zero-order valence-electron chi connectivity index (χ0n) is 18.8. The number of aromatic nitrogens is 3. The van der Waals surface area contributed by atoms with Gasteiger partial charge in [-0.15, -0.1) is 0 Å². The zero-order valence-corrected chi connectivity index (χ0v) is 18.8. The molecular weight excluding hydrogens is 440 g/mol. The number of hydrogen-bond donors (Lipinski definition) is 2. The van der Waals surface area contributed by atoms with Crippen molar-refractivity contribution in [3.8, 4) is 5.75 Å². The van der Waals surface area contributed by atoms with Crippen LogP contribution in [0.1, 0.15) is 12.5 Å². The maximum absolute atomic E-state index is 10.9. The van der Waals surface area contributed by atoms with Crippen LogP contribution < -0.4 is 20.4 Å². The molecule has 2 heterocycles. The molecule has 0 radical (unpaired) electrons. The lowest BCUT2D eigenvalue weighted by atomic mass is 10.1. The molecule has 0 amide bonds. The molecule has 4 rings (SSSR count). The summed E-state index contributed by atoms with van der Waals surface area (Å²) in [6.07, 6.45) is 0. The minimum atomic E-state index is -0.441. The van der Waals surface area contributed by atoms with Crippen LogP contribution in [0.25, 0.3) is 0 Å². The highest BCUT2D eigenvalue weighted by Crippen LogP contribution is 2.21. The predicted octanol–water partition coefficient (Wildman–Crippen LogP) is 3.20. The summed E-state index contributed by atoms with van der Waals surface area (Å²) < 4.78 is 10.6. The lowest BCUT2D eigenvalue weighted by Crippen LogP contribution is -2.37. The van der Waals surface area contributed by atoms with E-state index in [1.54, 1.807) is 26.2 Å². The van der Waals surface area contributed by atoms with Crippen LogP contribution >= 0.6 is 0 Å². The smallest absolute Gasteiger partial charge is 0.269 e. The monoisotopic (exact) mass is 464 g/mol. The van der Waals surface area contributed by atoms with Crippen molar-refractivity contribution in [2.45, 2.75) is 6.92 Å². The minimum Gasteiger partial charge on any atom is -0.497 e. The van der Waals surface area contributed by atoms with Crippen LogP contribution in [0.3, 0.4) is 0 Å². The molecule has 176 valence electrons. The molecular formula is C22H24N8O4. The van der Waals surface area contributed by atoms with Crippen molar-refractivity contribution < 1.29 is 14.4 Å². The summed E-state index contributed by atoms with van der Waals surface area (Å²) >= 11 is 0. The first-order chi connectivity index (χ1) is 16.5. The van der Waals surface area contributed by atoms with Gasteiger partial charge in [-0.25, -0.2) is 5.43 Å². The molecule has 1 fully saturated rings. The summed E-state index contributed by atoms with van der Waals surface area (Å²) in [6.45, 7) is 4.29. The molecule has 0 unspecified atom stereocenters. The maximum Gasteiger partial charge on any atom is 0.269 e. The normalized spacial score (nSPS) is 13.9. The molecule has 1 aromatic heterocycles. The second-order valence-electron chi connectivity index (χ2n) is 7.35. The Morgan fingerprint density at radius 3 is 2.38 bits per heavy atom. The third kappa shape index (κ3) is 5.72. The van der Waals surface area contributed by atoms with Crippen molar-refractivity contribution in [1.82, 2.24) is 15.0 Å². The summed E-state index contributed by atoms with van der Waals surface area (Å²) in [7, 11) is 1.61. The molecule has 0 spiro atoms. The topological polar surface area (TPSA) is 140 Å². The van der Waals surface area contributed by atoms with Crippen LogP contribution in [0.4, 0.5) is 29.2 Å². The number of nitro benzene ring substituents is 1. The van der Waals surface area contributed by atoms with Crippen LogP contribution in [0.5, 0.6) is 5.75 Å². The first kappa shape index (κ1) is 22.9. The fourth-order valence-corrected chi connectivity index (χ4v) is 3.20. The van der Waals surface area contributed by atoms with Crippen LogP contribution in [-0.4, -0.2) is 59.0 Å². The van der Waals surface area contributed by atoms with Crippen LogP contribution in [0, 0.1) is 10.1 Å². The van der Waals surface area contributed by atoms with E-state index < -0.39 is 4.92 Å². The number of methoxy groups -OCH3 is 1. The summed E-state index contributed by atoms with van der Waals surface area (Å²) in [4.78, 5) is 26.0. The molecule has 0 atom stereocenters. The Kier molecular flexibility index (Phi) is 7.08. The second kappa shape index (κ2) is 10.5. The highest BCUT2D eigenvalue weighted by molar-refractivity contribution is 5.99. The van der Waals surface area contributed by atoms with Gasteiger partial charge in [-0.05, 0) is 48.9 Å². The van der Waals surface area contributed by atoms with E-state index in [4.69, 9.17) is 9.47 Å². The number of ether oxygens (including phenoxy) is 2. The first-order valence-corrected chi connectivity index (χ1v) is 10.6. The van der Waals surface area contributed by atoms with Gasteiger partial charge in [0.25, 0.3) is 5.69 Å². The van der Waals surface area contributed by atoms with Gasteiger partial charge in [-0.3, -0.25) is 10.1 Å². The van der Waals surface area contributed by atoms with Gasteiger partial charge >= 0.3 is 0 Å². The van der Waals surface area contributed by atoms with Crippen molar-refractivity contribution in [1.29, 1.82) is 0 Å². The number of anilines is 4. The summed E-state index contributed by atoms with van der Waals surface area (Å²) in [5, 5.41) is 18.4. The molecule has 12 heteroatoms. The second-order valence-corrected chi connectivity index (χ2v) is 7.35. The van der Waals surface area contributed by atoms with E-state index in [9.17, 15) is 10.1 Å². The third-order valence-corrected chi connectivity index (χ3v) is 5.08. The third-order valence-electron chi connectivity index (χ3n) is 5.08. The van der Waals surface area contributed by atoms with E-state index in [1.165, 1.54) is 12.1 Å².